The minimum atomic E-state index is -0.273. The van der Waals surface area contributed by atoms with Crippen LogP contribution < -0.4 is 10.6 Å². The zero-order valence-corrected chi connectivity index (χ0v) is 16.0. The van der Waals surface area contributed by atoms with Crippen molar-refractivity contribution in [1.82, 2.24) is 0 Å². The van der Waals surface area contributed by atoms with Crippen LogP contribution >= 0.6 is 11.6 Å². The van der Waals surface area contributed by atoms with Gasteiger partial charge >= 0.3 is 0 Å². The number of anilines is 2. The minimum absolute atomic E-state index is 0.0345. The lowest BCUT2D eigenvalue weighted by Gasteiger charge is -2.16. The first-order chi connectivity index (χ1) is 12.5. The Balaban J connectivity index is 2.12. The largest absolute Gasteiger partial charge is 0.325 e. The molecule has 0 aliphatic rings. The van der Waals surface area contributed by atoms with Gasteiger partial charge in [-0.1, -0.05) is 50.4 Å². The van der Waals surface area contributed by atoms with E-state index in [2.05, 4.69) is 17.6 Å². The monoisotopic (exact) mass is 372 g/mol. The van der Waals surface area contributed by atoms with Crippen molar-refractivity contribution >= 4 is 34.8 Å². The Morgan fingerprint density at radius 3 is 2.35 bits per heavy atom. The number of amides is 2. The molecule has 1 atom stereocenters. The van der Waals surface area contributed by atoms with Crippen molar-refractivity contribution in [2.75, 3.05) is 10.6 Å². The Bertz CT molecular complexity index is 744. The number of unbranched alkanes of at least 4 members (excludes halogenated alkanes) is 1. The van der Waals surface area contributed by atoms with Gasteiger partial charge < -0.3 is 10.6 Å². The van der Waals surface area contributed by atoms with Gasteiger partial charge in [0, 0.05) is 16.6 Å². The minimum Gasteiger partial charge on any atom is -0.325 e. The molecule has 2 aromatic rings. The van der Waals surface area contributed by atoms with Gasteiger partial charge in [0.1, 0.15) is 0 Å². The summed E-state index contributed by atoms with van der Waals surface area (Å²) in [5.41, 5.74) is 1.61. The van der Waals surface area contributed by atoms with Crippen LogP contribution in [0.2, 0.25) is 5.02 Å². The highest BCUT2D eigenvalue weighted by Gasteiger charge is 2.19. The van der Waals surface area contributed by atoms with Crippen LogP contribution in [0, 0.1) is 5.92 Å². The van der Waals surface area contributed by atoms with Crippen molar-refractivity contribution in [3.8, 4) is 0 Å². The third-order valence-corrected chi connectivity index (χ3v) is 4.55. The third kappa shape index (κ3) is 5.60. The van der Waals surface area contributed by atoms with Crippen molar-refractivity contribution in [2.45, 2.75) is 39.5 Å². The van der Waals surface area contributed by atoms with Crippen molar-refractivity contribution in [2.24, 2.45) is 5.92 Å². The molecule has 4 nitrogen and oxygen atoms in total. The molecule has 0 radical (unpaired) electrons. The maximum Gasteiger partial charge on any atom is 0.257 e. The molecular formula is C21H25ClN2O2. The molecule has 5 heteroatoms. The van der Waals surface area contributed by atoms with Crippen LogP contribution in [0.5, 0.6) is 0 Å². The zero-order chi connectivity index (χ0) is 18.9. The lowest BCUT2D eigenvalue weighted by Crippen LogP contribution is -2.24. The molecule has 0 saturated heterocycles. The summed E-state index contributed by atoms with van der Waals surface area (Å²) in [7, 11) is 0. The number of halogens is 1. The lowest BCUT2D eigenvalue weighted by atomic mass is 9.98. The van der Waals surface area contributed by atoms with E-state index < -0.39 is 0 Å². The zero-order valence-electron chi connectivity index (χ0n) is 15.2. The van der Waals surface area contributed by atoms with Crippen molar-refractivity contribution < 1.29 is 9.59 Å². The third-order valence-electron chi connectivity index (χ3n) is 4.30. The quantitative estimate of drug-likeness (QED) is 0.620. The van der Waals surface area contributed by atoms with Gasteiger partial charge in [0.25, 0.3) is 5.91 Å². The number of carbonyl (C=O) groups excluding carboxylic acids is 2. The van der Waals surface area contributed by atoms with Crippen LogP contribution in [0.1, 0.15) is 49.9 Å². The summed E-state index contributed by atoms with van der Waals surface area (Å²) in [6.45, 7) is 4.13. The van der Waals surface area contributed by atoms with Gasteiger partial charge in [-0.15, -0.1) is 0 Å². The average molecular weight is 373 g/mol. The first-order valence-corrected chi connectivity index (χ1v) is 9.39. The van der Waals surface area contributed by atoms with Crippen molar-refractivity contribution in [3.63, 3.8) is 0 Å². The molecule has 0 fully saturated rings. The highest BCUT2D eigenvalue weighted by atomic mass is 35.5. The molecule has 138 valence electrons. The molecule has 2 rings (SSSR count). The second-order valence-electron chi connectivity index (χ2n) is 6.24. The summed E-state index contributed by atoms with van der Waals surface area (Å²) in [6.07, 6.45) is 3.72. The molecule has 2 aromatic carbocycles. The van der Waals surface area contributed by atoms with Crippen LogP contribution in [0.4, 0.5) is 11.4 Å². The second-order valence-corrected chi connectivity index (χ2v) is 6.68. The highest BCUT2D eigenvalue weighted by molar-refractivity contribution is 6.30. The number of hydrogen-bond acceptors (Lipinski definition) is 2. The van der Waals surface area contributed by atoms with E-state index in [9.17, 15) is 9.59 Å². The number of hydrogen-bond donors (Lipinski definition) is 2. The second kappa shape index (κ2) is 9.97. The molecule has 1 unspecified atom stereocenters. The summed E-state index contributed by atoms with van der Waals surface area (Å²) < 4.78 is 0. The van der Waals surface area contributed by atoms with E-state index in [4.69, 9.17) is 11.6 Å². The first-order valence-electron chi connectivity index (χ1n) is 9.02. The molecule has 0 bridgehead atoms. The molecule has 0 aliphatic carbocycles. The fraction of sp³-hybridized carbons (Fsp3) is 0.333. The van der Waals surface area contributed by atoms with E-state index >= 15 is 0 Å². The number of para-hydroxylation sites is 1. The van der Waals surface area contributed by atoms with Gasteiger partial charge in [-0.25, -0.2) is 0 Å². The van der Waals surface area contributed by atoms with E-state index in [0.717, 1.165) is 25.7 Å². The van der Waals surface area contributed by atoms with Gasteiger partial charge in [-0.2, -0.15) is 0 Å². The van der Waals surface area contributed by atoms with Gasteiger partial charge in [0.05, 0.1) is 11.3 Å². The average Bonchev–Trinajstić information content (AvgIpc) is 2.64. The summed E-state index contributed by atoms with van der Waals surface area (Å²) in [5, 5.41) is 6.36. The predicted molar refractivity (Wildman–Crippen MR) is 108 cm³/mol. The van der Waals surface area contributed by atoms with Crippen LogP contribution in [-0.4, -0.2) is 11.8 Å². The Hall–Kier alpha value is -2.33. The molecule has 0 spiro atoms. The fourth-order valence-corrected chi connectivity index (χ4v) is 2.85. The Morgan fingerprint density at radius 1 is 1.00 bits per heavy atom. The fourth-order valence-electron chi connectivity index (χ4n) is 2.73. The SMILES string of the molecule is CCCCC(CC)C(=O)Nc1ccccc1C(=O)Nc1ccc(Cl)cc1. The van der Waals surface area contributed by atoms with Gasteiger partial charge in [-0.05, 0) is 49.2 Å². The molecular weight excluding hydrogens is 348 g/mol. The molecule has 0 aliphatic heterocycles. The maximum absolute atomic E-state index is 12.6. The maximum atomic E-state index is 12.6. The van der Waals surface area contributed by atoms with Crippen LogP contribution in [0.25, 0.3) is 0 Å². The summed E-state index contributed by atoms with van der Waals surface area (Å²) in [4.78, 5) is 25.2. The molecule has 0 saturated carbocycles. The standard InChI is InChI=1S/C21H25ClN2O2/c1-3-5-8-15(4-2)20(25)24-19-10-7-6-9-18(19)21(26)23-17-13-11-16(22)12-14-17/h6-7,9-15H,3-5,8H2,1-2H3,(H,23,26)(H,24,25). The Labute approximate surface area is 159 Å². The van der Waals surface area contributed by atoms with E-state index in [0.29, 0.717) is 22.0 Å². The smallest absolute Gasteiger partial charge is 0.257 e. The van der Waals surface area contributed by atoms with Gasteiger partial charge in [0.15, 0.2) is 0 Å². The van der Waals surface area contributed by atoms with Gasteiger partial charge in [-0.3, -0.25) is 9.59 Å². The first kappa shape index (κ1) is 20.0. The lowest BCUT2D eigenvalue weighted by molar-refractivity contribution is -0.120. The van der Waals surface area contributed by atoms with Crippen LogP contribution in [0.3, 0.4) is 0 Å². The van der Waals surface area contributed by atoms with Crippen LogP contribution in [0.15, 0.2) is 48.5 Å². The summed E-state index contributed by atoms with van der Waals surface area (Å²) in [5.74, 6) is -0.347. The predicted octanol–water partition coefficient (Wildman–Crippen LogP) is 5.75. The molecule has 2 N–H and O–H groups in total. The molecule has 0 aromatic heterocycles. The van der Waals surface area contributed by atoms with Crippen LogP contribution in [-0.2, 0) is 4.79 Å². The van der Waals surface area contributed by atoms with E-state index in [1.807, 2.05) is 13.0 Å². The Morgan fingerprint density at radius 2 is 1.69 bits per heavy atom. The summed E-state index contributed by atoms with van der Waals surface area (Å²) >= 11 is 5.87. The topological polar surface area (TPSA) is 58.2 Å². The number of rotatable bonds is 8. The normalized spacial score (nSPS) is 11.7. The number of nitrogens with one attached hydrogen (secondary N) is 2. The van der Waals surface area contributed by atoms with E-state index in [-0.39, 0.29) is 17.7 Å². The van der Waals surface area contributed by atoms with E-state index in [1.54, 1.807) is 42.5 Å². The number of benzene rings is 2. The number of carbonyl (C=O) groups is 2. The molecule has 26 heavy (non-hydrogen) atoms. The summed E-state index contributed by atoms with van der Waals surface area (Å²) in [6, 6.07) is 13.9. The molecule has 2 amide bonds. The van der Waals surface area contributed by atoms with Crippen molar-refractivity contribution in [3.05, 3.63) is 59.1 Å². The van der Waals surface area contributed by atoms with Crippen molar-refractivity contribution in [1.29, 1.82) is 0 Å². The Kier molecular flexibility index (Phi) is 7.67. The van der Waals surface area contributed by atoms with Gasteiger partial charge in [0.2, 0.25) is 5.91 Å². The molecule has 0 heterocycles. The van der Waals surface area contributed by atoms with E-state index in [1.165, 1.54) is 0 Å². The highest BCUT2D eigenvalue weighted by Crippen LogP contribution is 2.21.